The molecule has 0 bridgehead atoms. The molecule has 1 atom stereocenters. The van der Waals surface area contributed by atoms with Gasteiger partial charge in [-0.05, 0) is 43.2 Å². The first-order valence-electron chi connectivity index (χ1n) is 10.00. The fraction of sp³-hybridized carbons (Fsp3) is 0.391. The summed E-state index contributed by atoms with van der Waals surface area (Å²) >= 11 is 6.10. The van der Waals surface area contributed by atoms with Gasteiger partial charge < -0.3 is 15.0 Å². The van der Waals surface area contributed by atoms with Crippen molar-refractivity contribution >= 4 is 23.4 Å². The SMILES string of the molecule is CCCCNC(=O)[C@H](C)N(Cc1cccc(OC)c1)C(=O)Cc1c(F)cccc1Cl. The molecular formula is C23H28ClFN2O3. The van der Waals surface area contributed by atoms with Crippen molar-refractivity contribution in [3.05, 3.63) is 64.4 Å². The van der Waals surface area contributed by atoms with E-state index in [0.717, 1.165) is 18.4 Å². The Labute approximate surface area is 182 Å². The molecule has 0 heterocycles. The van der Waals surface area contributed by atoms with Crippen molar-refractivity contribution in [3.63, 3.8) is 0 Å². The highest BCUT2D eigenvalue weighted by Gasteiger charge is 2.27. The number of amides is 2. The van der Waals surface area contributed by atoms with Crippen LogP contribution in [0, 0.1) is 5.82 Å². The average Bonchev–Trinajstić information content (AvgIpc) is 2.74. The molecule has 0 unspecified atom stereocenters. The molecule has 0 fully saturated rings. The summed E-state index contributed by atoms with van der Waals surface area (Å²) in [7, 11) is 1.56. The number of hydrogen-bond acceptors (Lipinski definition) is 3. The largest absolute Gasteiger partial charge is 0.497 e. The van der Waals surface area contributed by atoms with Gasteiger partial charge >= 0.3 is 0 Å². The second-order valence-electron chi connectivity index (χ2n) is 7.07. The van der Waals surface area contributed by atoms with Crippen LogP contribution in [0.5, 0.6) is 5.75 Å². The van der Waals surface area contributed by atoms with E-state index in [1.807, 2.05) is 19.1 Å². The highest BCUT2D eigenvalue weighted by molar-refractivity contribution is 6.31. The Bertz CT molecular complexity index is 855. The van der Waals surface area contributed by atoms with Gasteiger partial charge in [-0.25, -0.2) is 4.39 Å². The molecule has 2 amide bonds. The number of ether oxygens (including phenoxy) is 1. The standard InChI is InChI=1S/C23H28ClFN2O3/c1-4-5-12-26-23(29)16(2)27(15-17-8-6-9-18(13-17)30-3)22(28)14-19-20(24)10-7-11-21(19)25/h6-11,13,16H,4-5,12,14-15H2,1-3H3,(H,26,29)/t16-/m0/s1. The Morgan fingerprint density at radius 2 is 1.97 bits per heavy atom. The topological polar surface area (TPSA) is 58.6 Å². The Kier molecular flexibility index (Phi) is 9.12. The summed E-state index contributed by atoms with van der Waals surface area (Å²) in [6.45, 7) is 4.43. The van der Waals surface area contributed by atoms with Crippen molar-refractivity contribution < 1.29 is 18.7 Å². The molecule has 0 aromatic heterocycles. The molecule has 0 saturated heterocycles. The summed E-state index contributed by atoms with van der Waals surface area (Å²) in [5, 5.41) is 3.04. The number of nitrogens with zero attached hydrogens (tertiary/aromatic N) is 1. The minimum absolute atomic E-state index is 0.124. The Hall–Kier alpha value is -2.60. The van der Waals surface area contributed by atoms with Crippen molar-refractivity contribution in [3.8, 4) is 5.75 Å². The Morgan fingerprint density at radius 3 is 2.63 bits per heavy atom. The zero-order valence-electron chi connectivity index (χ0n) is 17.6. The summed E-state index contributed by atoms with van der Waals surface area (Å²) in [5.41, 5.74) is 0.925. The van der Waals surface area contributed by atoms with Gasteiger partial charge in [0.05, 0.1) is 13.5 Å². The maximum atomic E-state index is 14.2. The van der Waals surface area contributed by atoms with E-state index in [1.165, 1.54) is 17.0 Å². The maximum absolute atomic E-state index is 14.2. The average molecular weight is 435 g/mol. The summed E-state index contributed by atoms with van der Waals surface area (Å²) in [6.07, 6.45) is 1.57. The van der Waals surface area contributed by atoms with Gasteiger partial charge in [-0.3, -0.25) is 9.59 Å². The number of methoxy groups -OCH3 is 1. The second kappa shape index (κ2) is 11.6. The molecule has 2 rings (SSSR count). The minimum atomic E-state index is -0.730. The molecule has 0 radical (unpaired) electrons. The number of hydrogen-bond donors (Lipinski definition) is 1. The highest BCUT2D eigenvalue weighted by atomic mass is 35.5. The minimum Gasteiger partial charge on any atom is -0.497 e. The van der Waals surface area contributed by atoms with Gasteiger partial charge in [-0.1, -0.05) is 43.1 Å². The predicted molar refractivity (Wildman–Crippen MR) is 116 cm³/mol. The number of halogens is 2. The van der Waals surface area contributed by atoms with E-state index in [1.54, 1.807) is 32.2 Å². The third-order valence-corrected chi connectivity index (χ3v) is 5.23. The van der Waals surface area contributed by atoms with Crippen LogP contribution >= 0.6 is 11.6 Å². The molecule has 30 heavy (non-hydrogen) atoms. The number of benzene rings is 2. The van der Waals surface area contributed by atoms with Gasteiger partial charge in [-0.2, -0.15) is 0 Å². The fourth-order valence-electron chi connectivity index (χ4n) is 3.04. The van der Waals surface area contributed by atoms with Crippen LogP contribution in [0.3, 0.4) is 0 Å². The summed E-state index contributed by atoms with van der Waals surface area (Å²) in [4.78, 5) is 27.2. The lowest BCUT2D eigenvalue weighted by Crippen LogP contribution is -2.48. The first-order valence-corrected chi connectivity index (χ1v) is 10.4. The van der Waals surface area contributed by atoms with Crippen LogP contribution in [-0.2, 0) is 22.6 Å². The van der Waals surface area contributed by atoms with Gasteiger partial charge in [0.25, 0.3) is 0 Å². The van der Waals surface area contributed by atoms with Crippen LogP contribution < -0.4 is 10.1 Å². The van der Waals surface area contributed by atoms with Crippen molar-refractivity contribution in [1.82, 2.24) is 10.2 Å². The van der Waals surface area contributed by atoms with Gasteiger partial charge in [0, 0.05) is 23.7 Å². The number of carbonyl (C=O) groups excluding carboxylic acids is 2. The summed E-state index contributed by atoms with van der Waals surface area (Å²) in [6, 6.07) is 10.8. The summed E-state index contributed by atoms with van der Waals surface area (Å²) in [5.74, 6) is -0.531. The Morgan fingerprint density at radius 1 is 1.23 bits per heavy atom. The lowest BCUT2D eigenvalue weighted by atomic mass is 10.1. The number of rotatable bonds is 10. The molecule has 7 heteroatoms. The quantitative estimate of drug-likeness (QED) is 0.565. The van der Waals surface area contributed by atoms with Crippen LogP contribution in [0.25, 0.3) is 0 Å². The first kappa shape index (κ1) is 23.7. The molecule has 0 spiro atoms. The molecule has 2 aromatic carbocycles. The monoisotopic (exact) mass is 434 g/mol. The molecule has 5 nitrogen and oxygen atoms in total. The molecule has 2 aromatic rings. The zero-order chi connectivity index (χ0) is 22.1. The normalized spacial score (nSPS) is 11.6. The number of nitrogens with one attached hydrogen (secondary N) is 1. The van der Waals surface area contributed by atoms with Crippen LogP contribution in [0.15, 0.2) is 42.5 Å². The molecule has 0 aliphatic rings. The molecular weight excluding hydrogens is 407 g/mol. The van der Waals surface area contributed by atoms with Crippen molar-refractivity contribution in [2.75, 3.05) is 13.7 Å². The van der Waals surface area contributed by atoms with Crippen molar-refractivity contribution in [1.29, 1.82) is 0 Å². The van der Waals surface area contributed by atoms with Gasteiger partial charge in [-0.15, -0.1) is 0 Å². The third kappa shape index (κ3) is 6.46. The van der Waals surface area contributed by atoms with Crippen LogP contribution in [0.2, 0.25) is 5.02 Å². The zero-order valence-corrected chi connectivity index (χ0v) is 18.3. The first-order chi connectivity index (χ1) is 14.4. The maximum Gasteiger partial charge on any atom is 0.242 e. The molecule has 0 aliphatic heterocycles. The van der Waals surface area contributed by atoms with Gasteiger partial charge in [0.15, 0.2) is 0 Å². The smallest absolute Gasteiger partial charge is 0.242 e. The van der Waals surface area contributed by atoms with Crippen LogP contribution in [-0.4, -0.2) is 36.4 Å². The van der Waals surface area contributed by atoms with Crippen molar-refractivity contribution in [2.45, 2.75) is 45.7 Å². The predicted octanol–water partition coefficient (Wildman–Crippen LogP) is 4.36. The van der Waals surface area contributed by atoms with E-state index >= 15 is 0 Å². The van der Waals surface area contributed by atoms with Crippen LogP contribution in [0.1, 0.15) is 37.8 Å². The van der Waals surface area contributed by atoms with E-state index in [0.29, 0.717) is 12.3 Å². The summed E-state index contributed by atoms with van der Waals surface area (Å²) < 4.78 is 19.5. The van der Waals surface area contributed by atoms with Gasteiger partial charge in [0.1, 0.15) is 17.6 Å². The Balaban J connectivity index is 2.26. The molecule has 1 N–H and O–H groups in total. The van der Waals surface area contributed by atoms with E-state index in [2.05, 4.69) is 5.32 Å². The lowest BCUT2D eigenvalue weighted by Gasteiger charge is -2.29. The lowest BCUT2D eigenvalue weighted by molar-refractivity contribution is -0.140. The van der Waals surface area contributed by atoms with Crippen molar-refractivity contribution in [2.24, 2.45) is 0 Å². The number of unbranched alkanes of at least 4 members (excludes halogenated alkanes) is 1. The van der Waals surface area contributed by atoms with E-state index in [9.17, 15) is 14.0 Å². The third-order valence-electron chi connectivity index (χ3n) is 4.87. The highest BCUT2D eigenvalue weighted by Crippen LogP contribution is 2.22. The van der Waals surface area contributed by atoms with E-state index in [-0.39, 0.29) is 35.4 Å². The second-order valence-corrected chi connectivity index (χ2v) is 7.48. The fourth-order valence-corrected chi connectivity index (χ4v) is 3.27. The molecule has 0 aliphatic carbocycles. The van der Waals surface area contributed by atoms with Crippen LogP contribution in [0.4, 0.5) is 4.39 Å². The van der Waals surface area contributed by atoms with E-state index < -0.39 is 11.9 Å². The number of carbonyl (C=O) groups is 2. The molecule has 162 valence electrons. The molecule has 0 saturated carbocycles. The van der Waals surface area contributed by atoms with Gasteiger partial charge in [0.2, 0.25) is 11.8 Å². The van der Waals surface area contributed by atoms with E-state index in [4.69, 9.17) is 16.3 Å².